The average Bonchev–Trinajstić information content (AvgIpc) is 2.67. The maximum Gasteiger partial charge on any atom is 0.255 e. The smallest absolute Gasteiger partial charge is 0.255 e. The van der Waals surface area contributed by atoms with Crippen LogP contribution in [0.4, 0.5) is 5.82 Å². The maximum atomic E-state index is 12.8. The number of anilines is 1. The zero-order valence-electron chi connectivity index (χ0n) is 14.9. The molecule has 0 saturated carbocycles. The van der Waals surface area contributed by atoms with Gasteiger partial charge >= 0.3 is 0 Å². The average molecular weight is 342 g/mol. The molecule has 2 fully saturated rings. The van der Waals surface area contributed by atoms with E-state index in [1.807, 2.05) is 24.0 Å². The number of hydrogen-bond donors (Lipinski definition) is 0. The highest BCUT2D eigenvalue weighted by molar-refractivity contribution is 5.94. The maximum absolute atomic E-state index is 12.8. The summed E-state index contributed by atoms with van der Waals surface area (Å²) in [6.45, 7) is 9.18. The van der Waals surface area contributed by atoms with Gasteiger partial charge in [-0.25, -0.2) is 4.98 Å². The van der Waals surface area contributed by atoms with Gasteiger partial charge in [-0.05, 0) is 44.4 Å². The SMILES string of the molecule is C=CC(=O)N1CCN(C(=O)c2ccc(N3CCCCC3)nc2)[C@@H](C)C1. The van der Waals surface area contributed by atoms with Crippen LogP contribution in [0.5, 0.6) is 0 Å². The Morgan fingerprint density at radius 3 is 2.52 bits per heavy atom. The first-order valence-corrected chi connectivity index (χ1v) is 9.03. The van der Waals surface area contributed by atoms with Crippen LogP contribution in [-0.2, 0) is 4.79 Å². The monoisotopic (exact) mass is 342 g/mol. The predicted molar refractivity (Wildman–Crippen MR) is 97.6 cm³/mol. The highest BCUT2D eigenvalue weighted by Crippen LogP contribution is 2.19. The quantitative estimate of drug-likeness (QED) is 0.788. The van der Waals surface area contributed by atoms with Gasteiger partial charge in [0, 0.05) is 45.0 Å². The third-order valence-electron chi connectivity index (χ3n) is 5.05. The molecule has 2 aliphatic heterocycles. The van der Waals surface area contributed by atoms with Crippen LogP contribution in [0.2, 0.25) is 0 Å². The predicted octanol–water partition coefficient (Wildman–Crippen LogP) is 1.93. The first-order chi connectivity index (χ1) is 12.1. The third kappa shape index (κ3) is 3.83. The van der Waals surface area contributed by atoms with Crippen LogP contribution in [0.1, 0.15) is 36.5 Å². The van der Waals surface area contributed by atoms with Gasteiger partial charge < -0.3 is 14.7 Å². The summed E-state index contributed by atoms with van der Waals surface area (Å²) in [6.07, 6.45) is 6.69. The van der Waals surface area contributed by atoms with E-state index in [0.717, 1.165) is 18.9 Å². The number of piperidine rings is 1. The van der Waals surface area contributed by atoms with Gasteiger partial charge in [0.15, 0.2) is 0 Å². The van der Waals surface area contributed by atoms with E-state index in [1.165, 1.54) is 25.3 Å². The van der Waals surface area contributed by atoms with Crippen LogP contribution >= 0.6 is 0 Å². The van der Waals surface area contributed by atoms with E-state index in [-0.39, 0.29) is 17.9 Å². The van der Waals surface area contributed by atoms with Crippen molar-refractivity contribution in [1.82, 2.24) is 14.8 Å². The molecule has 1 aromatic heterocycles. The minimum atomic E-state index is -0.0773. The van der Waals surface area contributed by atoms with Gasteiger partial charge in [0.2, 0.25) is 5.91 Å². The minimum Gasteiger partial charge on any atom is -0.357 e. The summed E-state index contributed by atoms with van der Waals surface area (Å²) in [6, 6.07) is 3.79. The molecular weight excluding hydrogens is 316 g/mol. The molecule has 134 valence electrons. The second kappa shape index (κ2) is 7.68. The fourth-order valence-corrected chi connectivity index (χ4v) is 3.58. The second-order valence-corrected chi connectivity index (χ2v) is 6.79. The molecule has 0 aromatic carbocycles. The Morgan fingerprint density at radius 2 is 1.92 bits per heavy atom. The first-order valence-electron chi connectivity index (χ1n) is 9.03. The van der Waals surface area contributed by atoms with Crippen LogP contribution in [0.3, 0.4) is 0 Å². The van der Waals surface area contributed by atoms with Crippen molar-refractivity contribution in [3.63, 3.8) is 0 Å². The van der Waals surface area contributed by atoms with Crippen LogP contribution in [0, 0.1) is 0 Å². The number of piperazine rings is 1. The Labute approximate surface area is 149 Å². The number of hydrogen-bond acceptors (Lipinski definition) is 4. The zero-order chi connectivity index (χ0) is 17.8. The van der Waals surface area contributed by atoms with Gasteiger partial charge in [0.1, 0.15) is 5.82 Å². The lowest BCUT2D eigenvalue weighted by Crippen LogP contribution is -2.55. The largest absolute Gasteiger partial charge is 0.357 e. The standard InChI is InChI=1S/C19H26N4O2/c1-3-18(24)22-11-12-23(15(2)14-22)19(25)16-7-8-17(20-13-16)21-9-5-4-6-10-21/h3,7-8,13,15H,1,4-6,9-12,14H2,2H3/t15-/m0/s1. The van der Waals surface area contributed by atoms with Gasteiger partial charge in [-0.2, -0.15) is 0 Å². The molecule has 0 spiro atoms. The lowest BCUT2D eigenvalue weighted by molar-refractivity contribution is -0.128. The summed E-state index contributed by atoms with van der Waals surface area (Å²) in [7, 11) is 0. The van der Waals surface area contributed by atoms with Crippen molar-refractivity contribution in [2.75, 3.05) is 37.6 Å². The van der Waals surface area contributed by atoms with Crippen LogP contribution in [0.25, 0.3) is 0 Å². The normalized spacial score (nSPS) is 21.2. The van der Waals surface area contributed by atoms with Gasteiger partial charge in [-0.15, -0.1) is 0 Å². The Hall–Kier alpha value is -2.37. The number of rotatable bonds is 3. The first kappa shape index (κ1) is 17.5. The van der Waals surface area contributed by atoms with Crippen molar-refractivity contribution < 1.29 is 9.59 Å². The summed E-state index contributed by atoms with van der Waals surface area (Å²) in [5.41, 5.74) is 0.608. The van der Waals surface area contributed by atoms with E-state index < -0.39 is 0 Å². The summed E-state index contributed by atoms with van der Waals surface area (Å²) in [5.74, 6) is 0.855. The molecular formula is C19H26N4O2. The molecule has 2 amide bonds. The molecule has 2 saturated heterocycles. The van der Waals surface area contributed by atoms with E-state index in [4.69, 9.17) is 0 Å². The number of amides is 2. The third-order valence-corrected chi connectivity index (χ3v) is 5.05. The van der Waals surface area contributed by atoms with Crippen molar-refractivity contribution in [2.24, 2.45) is 0 Å². The number of nitrogens with zero attached hydrogens (tertiary/aromatic N) is 4. The number of carbonyl (C=O) groups is 2. The Morgan fingerprint density at radius 1 is 1.16 bits per heavy atom. The lowest BCUT2D eigenvalue weighted by Gasteiger charge is -2.39. The van der Waals surface area contributed by atoms with Gasteiger partial charge in [0.25, 0.3) is 5.91 Å². The molecule has 0 aliphatic carbocycles. The fraction of sp³-hybridized carbons (Fsp3) is 0.526. The molecule has 6 nitrogen and oxygen atoms in total. The molecule has 2 aliphatic rings. The van der Waals surface area contributed by atoms with Gasteiger partial charge in [0.05, 0.1) is 5.56 Å². The van der Waals surface area contributed by atoms with Crippen molar-refractivity contribution in [3.05, 3.63) is 36.5 Å². The highest BCUT2D eigenvalue weighted by atomic mass is 16.2. The van der Waals surface area contributed by atoms with Crippen molar-refractivity contribution in [1.29, 1.82) is 0 Å². The van der Waals surface area contributed by atoms with Gasteiger partial charge in [-0.3, -0.25) is 9.59 Å². The topological polar surface area (TPSA) is 56.8 Å². The van der Waals surface area contributed by atoms with Crippen LogP contribution < -0.4 is 4.90 Å². The van der Waals surface area contributed by atoms with Crippen molar-refractivity contribution in [3.8, 4) is 0 Å². The Balaban J connectivity index is 1.64. The summed E-state index contributed by atoms with van der Waals surface area (Å²) < 4.78 is 0. The van der Waals surface area contributed by atoms with E-state index in [9.17, 15) is 9.59 Å². The Kier molecular flexibility index (Phi) is 5.36. The summed E-state index contributed by atoms with van der Waals surface area (Å²) in [5, 5.41) is 0. The number of pyridine rings is 1. The van der Waals surface area contributed by atoms with E-state index in [0.29, 0.717) is 25.2 Å². The van der Waals surface area contributed by atoms with E-state index in [2.05, 4.69) is 16.5 Å². The number of aromatic nitrogens is 1. The number of carbonyl (C=O) groups excluding carboxylic acids is 2. The van der Waals surface area contributed by atoms with Crippen LogP contribution in [0.15, 0.2) is 31.0 Å². The molecule has 0 bridgehead atoms. The molecule has 1 aromatic rings. The van der Waals surface area contributed by atoms with E-state index >= 15 is 0 Å². The second-order valence-electron chi connectivity index (χ2n) is 6.79. The van der Waals surface area contributed by atoms with Crippen molar-refractivity contribution in [2.45, 2.75) is 32.2 Å². The zero-order valence-corrected chi connectivity index (χ0v) is 14.9. The highest BCUT2D eigenvalue weighted by Gasteiger charge is 2.29. The molecule has 25 heavy (non-hydrogen) atoms. The molecule has 0 N–H and O–H groups in total. The molecule has 6 heteroatoms. The molecule has 0 unspecified atom stereocenters. The van der Waals surface area contributed by atoms with E-state index in [1.54, 1.807) is 11.1 Å². The lowest BCUT2D eigenvalue weighted by atomic mass is 10.1. The summed E-state index contributed by atoms with van der Waals surface area (Å²) in [4.78, 5) is 34.9. The fourth-order valence-electron chi connectivity index (χ4n) is 3.58. The Bertz CT molecular complexity index is 637. The van der Waals surface area contributed by atoms with Crippen LogP contribution in [-0.4, -0.2) is 65.4 Å². The van der Waals surface area contributed by atoms with Crippen molar-refractivity contribution >= 4 is 17.6 Å². The molecule has 3 heterocycles. The molecule has 1 atom stereocenters. The molecule has 3 rings (SSSR count). The summed E-state index contributed by atoms with van der Waals surface area (Å²) >= 11 is 0. The van der Waals surface area contributed by atoms with Gasteiger partial charge in [-0.1, -0.05) is 6.58 Å². The minimum absolute atomic E-state index is 0.0177. The molecule has 0 radical (unpaired) electrons.